The fraction of sp³-hybridized carbons (Fsp3) is 0.214. The lowest BCUT2D eigenvalue weighted by Crippen LogP contribution is -1.87. The smallest absolute Gasteiger partial charge is 0.151 e. The zero-order valence-corrected chi connectivity index (χ0v) is 10.3. The summed E-state index contributed by atoms with van der Waals surface area (Å²) >= 11 is 6.01. The second kappa shape index (κ2) is 6.29. The van der Waals surface area contributed by atoms with Crippen LogP contribution in [0.25, 0.3) is 6.08 Å². The highest BCUT2D eigenvalue weighted by Crippen LogP contribution is 2.19. The van der Waals surface area contributed by atoms with Gasteiger partial charge in [-0.15, -0.1) is 0 Å². The molecule has 0 saturated heterocycles. The van der Waals surface area contributed by atoms with Crippen molar-refractivity contribution in [3.8, 4) is 0 Å². The summed E-state index contributed by atoms with van der Waals surface area (Å²) < 4.78 is 0. The number of halogens is 1. The molecule has 0 fully saturated rings. The van der Waals surface area contributed by atoms with E-state index < -0.39 is 0 Å². The third kappa shape index (κ3) is 3.35. The number of rotatable bonds is 4. The molecule has 2 heteroatoms. The van der Waals surface area contributed by atoms with E-state index in [2.05, 4.69) is 0 Å². The standard InChI is InChI=1S/C14H15ClO/c1-3-6-14(15)13(10-16)9-12-8-5-4-7-11(12)2/h4-10H,3H2,1-2H3. The van der Waals surface area contributed by atoms with Gasteiger partial charge in [-0.2, -0.15) is 0 Å². The van der Waals surface area contributed by atoms with Crippen molar-refractivity contribution >= 4 is 24.0 Å². The molecule has 0 aliphatic carbocycles. The van der Waals surface area contributed by atoms with E-state index in [-0.39, 0.29) is 0 Å². The summed E-state index contributed by atoms with van der Waals surface area (Å²) in [5, 5.41) is 0.515. The van der Waals surface area contributed by atoms with E-state index in [1.165, 1.54) is 0 Å². The van der Waals surface area contributed by atoms with Gasteiger partial charge in [0.25, 0.3) is 0 Å². The molecule has 0 heterocycles. The molecular weight excluding hydrogens is 220 g/mol. The Morgan fingerprint density at radius 3 is 2.62 bits per heavy atom. The molecule has 1 aromatic rings. The summed E-state index contributed by atoms with van der Waals surface area (Å²) in [5.74, 6) is 0. The minimum absolute atomic E-state index is 0.515. The normalized spacial score (nSPS) is 12.7. The Balaban J connectivity index is 3.10. The van der Waals surface area contributed by atoms with Crippen LogP contribution in [-0.2, 0) is 4.79 Å². The van der Waals surface area contributed by atoms with Crippen molar-refractivity contribution in [2.45, 2.75) is 20.3 Å². The first-order valence-electron chi connectivity index (χ1n) is 5.27. The number of allylic oxidation sites excluding steroid dienone is 3. The molecule has 0 aliphatic heterocycles. The van der Waals surface area contributed by atoms with E-state index in [4.69, 9.17) is 11.6 Å². The first-order valence-corrected chi connectivity index (χ1v) is 5.65. The number of hydrogen-bond donors (Lipinski definition) is 0. The molecule has 0 bridgehead atoms. The van der Waals surface area contributed by atoms with Crippen LogP contribution in [0.4, 0.5) is 0 Å². The lowest BCUT2D eigenvalue weighted by atomic mass is 10.1. The predicted octanol–water partition coefficient (Wildman–Crippen LogP) is 4.11. The predicted molar refractivity (Wildman–Crippen MR) is 69.4 cm³/mol. The van der Waals surface area contributed by atoms with Gasteiger partial charge in [-0.05, 0) is 30.5 Å². The third-order valence-corrected chi connectivity index (χ3v) is 2.66. The van der Waals surface area contributed by atoms with Gasteiger partial charge in [-0.1, -0.05) is 48.9 Å². The van der Waals surface area contributed by atoms with Crippen LogP contribution >= 0.6 is 11.6 Å². The van der Waals surface area contributed by atoms with Gasteiger partial charge in [0.15, 0.2) is 6.29 Å². The highest BCUT2D eigenvalue weighted by molar-refractivity contribution is 6.34. The topological polar surface area (TPSA) is 17.1 Å². The van der Waals surface area contributed by atoms with Crippen molar-refractivity contribution in [3.63, 3.8) is 0 Å². The molecule has 0 spiro atoms. The average Bonchev–Trinajstić information content (AvgIpc) is 2.28. The molecule has 0 atom stereocenters. The van der Waals surface area contributed by atoms with E-state index in [1.807, 2.05) is 50.3 Å². The first-order chi connectivity index (χ1) is 7.69. The van der Waals surface area contributed by atoms with Crippen molar-refractivity contribution in [1.29, 1.82) is 0 Å². The number of aryl methyl sites for hydroxylation is 1. The molecule has 1 rings (SSSR count). The first kappa shape index (κ1) is 12.7. The summed E-state index contributed by atoms with van der Waals surface area (Å²) in [4.78, 5) is 10.9. The molecule has 16 heavy (non-hydrogen) atoms. The molecule has 1 aromatic carbocycles. The van der Waals surface area contributed by atoms with E-state index >= 15 is 0 Å². The summed E-state index contributed by atoms with van der Waals surface area (Å²) in [7, 11) is 0. The third-order valence-electron chi connectivity index (χ3n) is 2.29. The van der Waals surface area contributed by atoms with Gasteiger partial charge in [0.05, 0.1) is 0 Å². The molecule has 0 unspecified atom stereocenters. The van der Waals surface area contributed by atoms with Crippen LogP contribution in [0.2, 0.25) is 0 Å². The van der Waals surface area contributed by atoms with E-state index in [0.717, 1.165) is 23.8 Å². The monoisotopic (exact) mass is 234 g/mol. The molecule has 0 amide bonds. The molecule has 0 aromatic heterocycles. The maximum absolute atomic E-state index is 10.9. The summed E-state index contributed by atoms with van der Waals surface area (Å²) in [6, 6.07) is 7.89. The molecule has 1 nitrogen and oxygen atoms in total. The fourth-order valence-corrected chi connectivity index (χ4v) is 1.63. The molecule has 0 radical (unpaired) electrons. The van der Waals surface area contributed by atoms with Gasteiger partial charge in [-0.25, -0.2) is 0 Å². The number of hydrogen-bond acceptors (Lipinski definition) is 1. The van der Waals surface area contributed by atoms with Crippen molar-refractivity contribution in [2.75, 3.05) is 0 Å². The molecule has 0 saturated carbocycles. The second-order valence-electron chi connectivity index (χ2n) is 3.53. The van der Waals surface area contributed by atoms with Gasteiger partial charge < -0.3 is 0 Å². The van der Waals surface area contributed by atoms with E-state index in [0.29, 0.717) is 10.6 Å². The largest absolute Gasteiger partial charge is 0.298 e. The molecule has 0 N–H and O–H groups in total. The quantitative estimate of drug-likeness (QED) is 0.435. The van der Waals surface area contributed by atoms with Crippen LogP contribution in [0.5, 0.6) is 0 Å². The zero-order chi connectivity index (χ0) is 12.0. The number of aldehydes is 1. The maximum Gasteiger partial charge on any atom is 0.151 e. The average molecular weight is 235 g/mol. The fourth-order valence-electron chi connectivity index (χ4n) is 1.37. The Morgan fingerprint density at radius 2 is 2.06 bits per heavy atom. The van der Waals surface area contributed by atoms with Crippen molar-refractivity contribution in [1.82, 2.24) is 0 Å². The minimum Gasteiger partial charge on any atom is -0.298 e. The Labute approximate surface area is 101 Å². The highest BCUT2D eigenvalue weighted by Gasteiger charge is 2.01. The van der Waals surface area contributed by atoms with Crippen LogP contribution in [0, 0.1) is 6.92 Å². The summed E-state index contributed by atoms with van der Waals surface area (Å²) in [5.41, 5.74) is 2.67. The highest BCUT2D eigenvalue weighted by atomic mass is 35.5. The zero-order valence-electron chi connectivity index (χ0n) is 9.53. The lowest BCUT2D eigenvalue weighted by Gasteiger charge is -2.02. The van der Waals surface area contributed by atoms with E-state index in [9.17, 15) is 4.79 Å². The Hall–Kier alpha value is -1.34. The van der Waals surface area contributed by atoms with Gasteiger partial charge in [0, 0.05) is 10.6 Å². The Morgan fingerprint density at radius 1 is 1.38 bits per heavy atom. The van der Waals surface area contributed by atoms with Crippen LogP contribution in [0.15, 0.2) is 40.9 Å². The Bertz CT molecular complexity index is 430. The lowest BCUT2D eigenvalue weighted by molar-refractivity contribution is -0.104. The Kier molecular flexibility index (Phi) is 5.00. The second-order valence-corrected chi connectivity index (χ2v) is 3.94. The summed E-state index contributed by atoms with van der Waals surface area (Å²) in [6.45, 7) is 3.99. The molecule has 0 aliphatic rings. The van der Waals surface area contributed by atoms with Crippen LogP contribution in [-0.4, -0.2) is 6.29 Å². The van der Waals surface area contributed by atoms with Crippen molar-refractivity contribution in [3.05, 3.63) is 52.1 Å². The number of carbonyl (C=O) groups excluding carboxylic acids is 1. The van der Waals surface area contributed by atoms with Crippen LogP contribution in [0.3, 0.4) is 0 Å². The van der Waals surface area contributed by atoms with Crippen LogP contribution < -0.4 is 0 Å². The van der Waals surface area contributed by atoms with E-state index in [1.54, 1.807) is 0 Å². The van der Waals surface area contributed by atoms with Crippen molar-refractivity contribution in [2.24, 2.45) is 0 Å². The maximum atomic E-state index is 10.9. The van der Waals surface area contributed by atoms with Crippen LogP contribution in [0.1, 0.15) is 24.5 Å². The van der Waals surface area contributed by atoms with Gasteiger partial charge >= 0.3 is 0 Å². The van der Waals surface area contributed by atoms with Gasteiger partial charge in [0.1, 0.15) is 0 Å². The van der Waals surface area contributed by atoms with Gasteiger partial charge in [-0.3, -0.25) is 4.79 Å². The van der Waals surface area contributed by atoms with Crippen molar-refractivity contribution < 1.29 is 4.79 Å². The molecule has 84 valence electrons. The molecular formula is C14H15ClO. The van der Waals surface area contributed by atoms with Gasteiger partial charge in [0.2, 0.25) is 0 Å². The summed E-state index contributed by atoms with van der Waals surface area (Å²) in [6.07, 6.45) is 5.26. The minimum atomic E-state index is 0.515. The SMILES string of the molecule is CCC=C(Cl)C(C=O)=Cc1ccccc1C. The number of benzene rings is 1. The number of carbonyl (C=O) groups is 1.